The maximum absolute atomic E-state index is 14.3. The summed E-state index contributed by atoms with van der Waals surface area (Å²) < 4.78 is 45.7. The predicted octanol–water partition coefficient (Wildman–Crippen LogP) is 5.94. The highest BCUT2D eigenvalue weighted by molar-refractivity contribution is 7.92. The van der Waals surface area contributed by atoms with E-state index in [2.05, 4.69) is 5.32 Å². The summed E-state index contributed by atoms with van der Waals surface area (Å²) in [5.41, 5.74) is 0.645. The standard InChI is InChI=1S/C32H39Cl2N3O7S/c1-6-18-35-32(39)28(7-2)36(20-25-26(33)10-9-11-27(25)34)31(38)21-37(22-12-14-23(15-13-22)44-8-3)45(40,41)24-16-17-29(42-4)30(19-24)43-5/h9-17,19,28H,6-8,18,20-21H2,1-5H3,(H,35,39)/t28-/m0/s1. The van der Waals surface area contributed by atoms with Crippen molar-refractivity contribution in [3.63, 3.8) is 0 Å². The number of hydrogen-bond acceptors (Lipinski definition) is 7. The van der Waals surface area contributed by atoms with Gasteiger partial charge in [0, 0.05) is 34.8 Å². The lowest BCUT2D eigenvalue weighted by molar-refractivity contribution is -0.140. The number of carbonyl (C=O) groups excluding carboxylic acids is 2. The van der Waals surface area contributed by atoms with Crippen LogP contribution >= 0.6 is 23.2 Å². The Hall–Kier alpha value is -3.67. The third kappa shape index (κ3) is 8.74. The topological polar surface area (TPSA) is 114 Å². The van der Waals surface area contributed by atoms with Crippen LogP contribution in [0.3, 0.4) is 0 Å². The fourth-order valence-electron chi connectivity index (χ4n) is 4.65. The first kappa shape index (κ1) is 35.8. The summed E-state index contributed by atoms with van der Waals surface area (Å²) in [7, 11) is -1.53. The van der Waals surface area contributed by atoms with Gasteiger partial charge in [0.2, 0.25) is 11.8 Å². The minimum atomic E-state index is -4.36. The second-order valence-corrected chi connectivity index (χ2v) is 12.6. The Balaban J connectivity index is 2.14. The van der Waals surface area contributed by atoms with Gasteiger partial charge in [-0.3, -0.25) is 13.9 Å². The molecule has 0 aliphatic heterocycles. The number of hydrogen-bond donors (Lipinski definition) is 1. The molecular weight excluding hydrogens is 641 g/mol. The first-order valence-electron chi connectivity index (χ1n) is 14.5. The molecule has 1 N–H and O–H groups in total. The van der Waals surface area contributed by atoms with Crippen LogP contribution in [0.5, 0.6) is 17.2 Å². The molecule has 2 amide bonds. The molecule has 3 aromatic carbocycles. The van der Waals surface area contributed by atoms with E-state index < -0.39 is 28.5 Å². The molecule has 0 aliphatic carbocycles. The molecule has 45 heavy (non-hydrogen) atoms. The average molecular weight is 681 g/mol. The molecule has 0 bridgehead atoms. The molecule has 10 nitrogen and oxygen atoms in total. The second kappa shape index (κ2) is 16.6. The Morgan fingerprint density at radius 3 is 2.11 bits per heavy atom. The van der Waals surface area contributed by atoms with E-state index in [1.807, 2.05) is 13.8 Å². The van der Waals surface area contributed by atoms with Gasteiger partial charge < -0.3 is 24.4 Å². The van der Waals surface area contributed by atoms with Crippen LogP contribution < -0.4 is 23.8 Å². The van der Waals surface area contributed by atoms with Gasteiger partial charge in [-0.25, -0.2) is 8.42 Å². The molecule has 0 saturated heterocycles. The summed E-state index contributed by atoms with van der Waals surface area (Å²) >= 11 is 12.9. The van der Waals surface area contributed by atoms with Crippen LogP contribution in [-0.4, -0.2) is 65.1 Å². The maximum atomic E-state index is 14.3. The average Bonchev–Trinajstić information content (AvgIpc) is 3.03. The van der Waals surface area contributed by atoms with Gasteiger partial charge in [-0.1, -0.05) is 43.1 Å². The number of sulfonamides is 1. The van der Waals surface area contributed by atoms with Crippen molar-refractivity contribution in [3.05, 3.63) is 76.3 Å². The normalized spacial score (nSPS) is 11.8. The molecule has 3 aromatic rings. The summed E-state index contributed by atoms with van der Waals surface area (Å²) in [5.74, 6) is 0.0651. The van der Waals surface area contributed by atoms with Crippen molar-refractivity contribution < 1.29 is 32.2 Å². The number of carbonyl (C=O) groups is 2. The molecule has 0 aliphatic rings. The number of benzene rings is 3. The SMILES string of the molecule is CCCNC(=O)[C@H](CC)N(Cc1c(Cl)cccc1Cl)C(=O)CN(c1ccc(OCC)cc1)S(=O)(=O)c1ccc(OC)c(OC)c1. The zero-order valence-corrected chi connectivity index (χ0v) is 28.3. The summed E-state index contributed by atoms with van der Waals surface area (Å²) in [6.07, 6.45) is 0.955. The van der Waals surface area contributed by atoms with Gasteiger partial charge in [0.1, 0.15) is 18.3 Å². The predicted molar refractivity (Wildman–Crippen MR) is 176 cm³/mol. The van der Waals surface area contributed by atoms with Crippen LogP contribution in [0, 0.1) is 0 Å². The fourth-order valence-corrected chi connectivity index (χ4v) is 6.59. The van der Waals surface area contributed by atoms with Gasteiger partial charge in [-0.05, 0) is 68.3 Å². The number of halogens is 2. The molecule has 0 spiro atoms. The monoisotopic (exact) mass is 679 g/mol. The Bertz CT molecular complexity index is 1550. The van der Waals surface area contributed by atoms with Crippen molar-refractivity contribution in [2.24, 2.45) is 0 Å². The lowest BCUT2D eigenvalue weighted by Gasteiger charge is -2.33. The largest absolute Gasteiger partial charge is 0.494 e. The number of anilines is 1. The van der Waals surface area contributed by atoms with Crippen LogP contribution in [0.1, 0.15) is 39.2 Å². The quantitative estimate of drug-likeness (QED) is 0.199. The molecule has 0 aromatic heterocycles. The molecule has 13 heteroatoms. The number of rotatable bonds is 16. The molecule has 0 radical (unpaired) electrons. The molecule has 0 heterocycles. The van der Waals surface area contributed by atoms with E-state index in [9.17, 15) is 18.0 Å². The molecular formula is C32H39Cl2N3O7S. The summed E-state index contributed by atoms with van der Waals surface area (Å²) in [6, 6.07) is 14.5. The Kier molecular flexibility index (Phi) is 13.2. The van der Waals surface area contributed by atoms with E-state index in [0.29, 0.717) is 46.7 Å². The van der Waals surface area contributed by atoms with Crippen LogP contribution in [-0.2, 0) is 26.2 Å². The molecule has 244 valence electrons. The minimum Gasteiger partial charge on any atom is -0.494 e. The third-order valence-corrected chi connectivity index (χ3v) is 9.46. The van der Waals surface area contributed by atoms with Crippen molar-refractivity contribution in [1.82, 2.24) is 10.2 Å². The first-order valence-corrected chi connectivity index (χ1v) is 16.7. The summed E-state index contributed by atoms with van der Waals surface area (Å²) in [6.45, 7) is 5.60. The van der Waals surface area contributed by atoms with Crippen LogP contribution in [0.15, 0.2) is 65.6 Å². The van der Waals surface area contributed by atoms with Gasteiger partial charge in [0.25, 0.3) is 10.0 Å². The highest BCUT2D eigenvalue weighted by Gasteiger charge is 2.34. The van der Waals surface area contributed by atoms with Gasteiger partial charge in [0.05, 0.1) is 31.4 Å². The number of nitrogens with zero attached hydrogens (tertiary/aromatic N) is 2. The maximum Gasteiger partial charge on any atom is 0.264 e. The Morgan fingerprint density at radius 2 is 1.56 bits per heavy atom. The smallest absolute Gasteiger partial charge is 0.264 e. The lowest BCUT2D eigenvalue weighted by atomic mass is 10.1. The fraction of sp³-hybridized carbons (Fsp3) is 0.375. The van der Waals surface area contributed by atoms with Gasteiger partial charge in [-0.15, -0.1) is 0 Å². The van der Waals surface area contributed by atoms with Crippen molar-refractivity contribution >= 4 is 50.7 Å². The van der Waals surface area contributed by atoms with E-state index in [0.717, 1.165) is 4.31 Å². The van der Waals surface area contributed by atoms with E-state index >= 15 is 0 Å². The van der Waals surface area contributed by atoms with Gasteiger partial charge >= 0.3 is 0 Å². The van der Waals surface area contributed by atoms with Crippen molar-refractivity contribution in [2.45, 2.75) is 51.1 Å². The molecule has 1 atom stereocenters. The molecule has 3 rings (SSSR count). The van der Waals surface area contributed by atoms with E-state index in [1.54, 1.807) is 49.4 Å². The number of methoxy groups -OCH3 is 2. The van der Waals surface area contributed by atoms with Crippen LogP contribution in [0.4, 0.5) is 5.69 Å². The zero-order chi connectivity index (χ0) is 33.1. The van der Waals surface area contributed by atoms with E-state index in [1.165, 1.54) is 37.3 Å². The first-order chi connectivity index (χ1) is 21.5. The van der Waals surface area contributed by atoms with E-state index in [4.69, 9.17) is 37.4 Å². The summed E-state index contributed by atoms with van der Waals surface area (Å²) in [5, 5.41) is 3.47. The summed E-state index contributed by atoms with van der Waals surface area (Å²) in [4.78, 5) is 28.8. The minimum absolute atomic E-state index is 0.122. The highest BCUT2D eigenvalue weighted by atomic mass is 35.5. The number of ether oxygens (including phenoxy) is 3. The molecule has 0 saturated carbocycles. The van der Waals surface area contributed by atoms with E-state index in [-0.39, 0.29) is 35.2 Å². The third-order valence-electron chi connectivity index (χ3n) is 6.98. The lowest BCUT2D eigenvalue weighted by Crippen LogP contribution is -2.52. The van der Waals surface area contributed by atoms with Crippen LogP contribution in [0.2, 0.25) is 10.0 Å². The van der Waals surface area contributed by atoms with Gasteiger partial charge in [-0.2, -0.15) is 0 Å². The Labute approximate surface area is 275 Å². The zero-order valence-electron chi connectivity index (χ0n) is 26.0. The number of nitrogens with one attached hydrogen (secondary N) is 1. The Morgan fingerprint density at radius 1 is 0.911 bits per heavy atom. The molecule has 0 unspecified atom stereocenters. The van der Waals surface area contributed by atoms with Crippen molar-refractivity contribution in [1.29, 1.82) is 0 Å². The van der Waals surface area contributed by atoms with Crippen molar-refractivity contribution in [2.75, 3.05) is 38.2 Å². The number of amides is 2. The highest BCUT2D eigenvalue weighted by Crippen LogP contribution is 2.33. The van der Waals surface area contributed by atoms with Crippen molar-refractivity contribution in [3.8, 4) is 17.2 Å². The second-order valence-electron chi connectivity index (χ2n) is 9.89. The van der Waals surface area contributed by atoms with Gasteiger partial charge in [0.15, 0.2) is 11.5 Å². The van der Waals surface area contributed by atoms with Crippen LogP contribution in [0.25, 0.3) is 0 Å². The molecule has 0 fully saturated rings.